The van der Waals surface area contributed by atoms with Crippen LogP contribution in [0.4, 0.5) is 8.78 Å². The van der Waals surface area contributed by atoms with Gasteiger partial charge in [-0.1, -0.05) is 19.3 Å². The van der Waals surface area contributed by atoms with E-state index < -0.39 is 17.7 Å². The molecule has 1 aliphatic rings. The van der Waals surface area contributed by atoms with Crippen molar-refractivity contribution in [3.8, 4) is 0 Å². The van der Waals surface area contributed by atoms with Gasteiger partial charge in [-0.05, 0) is 43.4 Å². The average Bonchev–Trinajstić information content (AvgIpc) is 2.34. The molecule has 17 heavy (non-hydrogen) atoms. The molecule has 94 valence electrons. The van der Waals surface area contributed by atoms with Crippen molar-refractivity contribution < 1.29 is 13.9 Å². The van der Waals surface area contributed by atoms with Crippen molar-refractivity contribution in [2.45, 2.75) is 45.1 Å². The van der Waals surface area contributed by atoms with Crippen LogP contribution < -0.4 is 0 Å². The Kier molecular flexibility index (Phi) is 3.77. The van der Waals surface area contributed by atoms with Crippen LogP contribution in [0.15, 0.2) is 12.1 Å². The van der Waals surface area contributed by atoms with E-state index in [1.165, 1.54) is 13.3 Å². The largest absolute Gasteiger partial charge is 0.388 e. The van der Waals surface area contributed by atoms with Crippen LogP contribution in [0.25, 0.3) is 0 Å². The summed E-state index contributed by atoms with van der Waals surface area (Å²) in [7, 11) is 0. The molecule has 3 heteroatoms. The zero-order valence-corrected chi connectivity index (χ0v) is 10.0. The molecule has 0 saturated heterocycles. The lowest BCUT2D eigenvalue weighted by Gasteiger charge is -2.27. The first-order chi connectivity index (χ1) is 8.09. The first-order valence-corrected chi connectivity index (χ1v) is 6.23. The number of hydrogen-bond acceptors (Lipinski definition) is 1. The van der Waals surface area contributed by atoms with E-state index in [-0.39, 0.29) is 17.0 Å². The van der Waals surface area contributed by atoms with Crippen LogP contribution in [0.2, 0.25) is 0 Å². The molecule has 0 bridgehead atoms. The van der Waals surface area contributed by atoms with Gasteiger partial charge in [-0.25, -0.2) is 8.78 Å². The predicted octanol–water partition coefficient (Wildman–Crippen LogP) is 3.89. The van der Waals surface area contributed by atoms with E-state index in [1.54, 1.807) is 0 Å². The van der Waals surface area contributed by atoms with E-state index in [4.69, 9.17) is 0 Å². The number of aliphatic hydroxyl groups excluding tert-OH is 1. The third-order valence-electron chi connectivity index (χ3n) is 3.69. The normalized spacial score (nSPS) is 19.3. The average molecular weight is 240 g/mol. The first-order valence-electron chi connectivity index (χ1n) is 6.23. The highest BCUT2D eigenvalue weighted by molar-refractivity contribution is 5.27. The lowest BCUT2D eigenvalue weighted by molar-refractivity contribution is 0.0813. The Labute approximate surface area is 100 Å². The van der Waals surface area contributed by atoms with E-state index in [1.807, 2.05) is 0 Å². The fourth-order valence-corrected chi connectivity index (χ4v) is 2.59. The van der Waals surface area contributed by atoms with Gasteiger partial charge in [-0.3, -0.25) is 0 Å². The van der Waals surface area contributed by atoms with Crippen LogP contribution in [-0.2, 0) is 0 Å². The van der Waals surface area contributed by atoms with E-state index in [0.717, 1.165) is 37.8 Å². The van der Waals surface area contributed by atoms with Gasteiger partial charge in [0.25, 0.3) is 0 Å². The minimum atomic E-state index is -0.870. The van der Waals surface area contributed by atoms with Gasteiger partial charge >= 0.3 is 0 Å². The van der Waals surface area contributed by atoms with Gasteiger partial charge < -0.3 is 5.11 Å². The summed E-state index contributed by atoms with van der Waals surface area (Å²) in [5.74, 6) is -0.876. The molecule has 1 atom stereocenters. The standard InChI is InChI=1S/C14H18F2O/c1-9-7-13(16)11(8-12(9)15)14(17)10-5-3-2-4-6-10/h7-8,10,14,17H,2-6H2,1H3. The molecule has 1 unspecified atom stereocenters. The molecule has 1 N–H and O–H groups in total. The molecular formula is C14H18F2O. The quantitative estimate of drug-likeness (QED) is 0.831. The summed E-state index contributed by atoms with van der Waals surface area (Å²) in [6, 6.07) is 2.31. The van der Waals surface area contributed by atoms with Crippen LogP contribution >= 0.6 is 0 Å². The summed E-state index contributed by atoms with van der Waals surface area (Å²) in [6.07, 6.45) is 4.24. The zero-order chi connectivity index (χ0) is 12.4. The number of benzene rings is 1. The third kappa shape index (κ3) is 2.65. The molecule has 1 nitrogen and oxygen atoms in total. The first kappa shape index (κ1) is 12.5. The second-order valence-corrected chi connectivity index (χ2v) is 4.97. The van der Waals surface area contributed by atoms with Crippen molar-refractivity contribution >= 4 is 0 Å². The van der Waals surface area contributed by atoms with E-state index in [0.29, 0.717) is 0 Å². The SMILES string of the molecule is Cc1cc(F)c(C(O)C2CCCCC2)cc1F. The number of aliphatic hydroxyl groups is 1. The van der Waals surface area contributed by atoms with Crippen LogP contribution in [0.3, 0.4) is 0 Å². The fraction of sp³-hybridized carbons (Fsp3) is 0.571. The van der Waals surface area contributed by atoms with E-state index in [9.17, 15) is 13.9 Å². The number of aryl methyl sites for hydroxylation is 1. The Hall–Kier alpha value is -0.960. The molecule has 0 heterocycles. The van der Waals surface area contributed by atoms with Crippen molar-refractivity contribution in [1.82, 2.24) is 0 Å². The molecule has 1 aromatic rings. The Morgan fingerprint density at radius 2 is 1.76 bits per heavy atom. The smallest absolute Gasteiger partial charge is 0.129 e. The van der Waals surface area contributed by atoms with Gasteiger partial charge in [0.2, 0.25) is 0 Å². The number of halogens is 2. The van der Waals surface area contributed by atoms with Gasteiger partial charge in [0, 0.05) is 5.56 Å². The summed E-state index contributed by atoms with van der Waals surface area (Å²) < 4.78 is 27.1. The molecule has 0 amide bonds. The number of rotatable bonds is 2. The van der Waals surface area contributed by atoms with Crippen LogP contribution in [0.1, 0.15) is 49.3 Å². The highest BCUT2D eigenvalue weighted by Gasteiger charge is 2.25. The molecule has 0 aliphatic heterocycles. The van der Waals surface area contributed by atoms with Crippen molar-refractivity contribution in [3.05, 3.63) is 34.9 Å². The third-order valence-corrected chi connectivity index (χ3v) is 3.69. The second kappa shape index (κ2) is 5.13. The minimum Gasteiger partial charge on any atom is -0.388 e. The maximum absolute atomic E-state index is 13.7. The van der Waals surface area contributed by atoms with Crippen LogP contribution in [0, 0.1) is 24.5 Å². The highest BCUT2D eigenvalue weighted by atomic mass is 19.1. The Morgan fingerprint density at radius 3 is 2.41 bits per heavy atom. The van der Waals surface area contributed by atoms with Gasteiger partial charge in [0.05, 0.1) is 6.10 Å². The topological polar surface area (TPSA) is 20.2 Å². The zero-order valence-electron chi connectivity index (χ0n) is 10.0. The molecule has 1 aliphatic carbocycles. The molecule has 1 saturated carbocycles. The van der Waals surface area contributed by atoms with Gasteiger partial charge in [0.1, 0.15) is 11.6 Å². The van der Waals surface area contributed by atoms with Crippen molar-refractivity contribution in [1.29, 1.82) is 0 Å². The molecular weight excluding hydrogens is 222 g/mol. The van der Waals surface area contributed by atoms with Crippen LogP contribution in [-0.4, -0.2) is 5.11 Å². The highest BCUT2D eigenvalue weighted by Crippen LogP contribution is 2.35. The van der Waals surface area contributed by atoms with Gasteiger partial charge in [-0.2, -0.15) is 0 Å². The molecule has 1 fully saturated rings. The Morgan fingerprint density at radius 1 is 1.12 bits per heavy atom. The predicted molar refractivity (Wildman–Crippen MR) is 62.6 cm³/mol. The minimum absolute atomic E-state index is 0.0698. The summed E-state index contributed by atoms with van der Waals surface area (Å²) >= 11 is 0. The van der Waals surface area contributed by atoms with Crippen molar-refractivity contribution in [3.63, 3.8) is 0 Å². The lowest BCUT2D eigenvalue weighted by Crippen LogP contribution is -2.17. The monoisotopic (exact) mass is 240 g/mol. The van der Waals surface area contributed by atoms with Gasteiger partial charge in [0.15, 0.2) is 0 Å². The van der Waals surface area contributed by atoms with Crippen molar-refractivity contribution in [2.24, 2.45) is 5.92 Å². The summed E-state index contributed by atoms with van der Waals surface area (Å²) in [5.41, 5.74) is 0.391. The lowest BCUT2D eigenvalue weighted by atomic mass is 9.82. The maximum Gasteiger partial charge on any atom is 0.129 e. The summed E-state index contributed by atoms with van der Waals surface area (Å²) in [5, 5.41) is 10.1. The van der Waals surface area contributed by atoms with E-state index in [2.05, 4.69) is 0 Å². The molecule has 0 radical (unpaired) electrons. The Bertz CT molecular complexity index is 397. The van der Waals surface area contributed by atoms with Crippen molar-refractivity contribution in [2.75, 3.05) is 0 Å². The molecule has 1 aromatic carbocycles. The molecule has 0 spiro atoms. The summed E-state index contributed by atoms with van der Waals surface area (Å²) in [4.78, 5) is 0. The van der Waals surface area contributed by atoms with Gasteiger partial charge in [-0.15, -0.1) is 0 Å². The van der Waals surface area contributed by atoms with E-state index >= 15 is 0 Å². The van der Waals surface area contributed by atoms with Crippen LogP contribution in [0.5, 0.6) is 0 Å². The summed E-state index contributed by atoms with van der Waals surface area (Å²) in [6.45, 7) is 1.52. The molecule has 0 aromatic heterocycles. The Balaban J connectivity index is 2.23. The number of hydrogen-bond donors (Lipinski definition) is 1. The second-order valence-electron chi connectivity index (χ2n) is 4.97. The fourth-order valence-electron chi connectivity index (χ4n) is 2.59. The molecule has 2 rings (SSSR count). The maximum atomic E-state index is 13.7.